The molecule has 0 spiro atoms. The highest BCUT2D eigenvalue weighted by Gasteiger charge is 2.03. The normalized spacial score (nSPS) is 9.47. The fourth-order valence-electron chi connectivity index (χ4n) is 1.18. The van der Waals surface area contributed by atoms with Gasteiger partial charge in [-0.05, 0) is 18.2 Å². The van der Waals surface area contributed by atoms with Gasteiger partial charge in [-0.1, -0.05) is 0 Å². The summed E-state index contributed by atoms with van der Waals surface area (Å²) in [5.74, 6) is 1.54. The number of benzene rings is 1. The molecule has 0 aliphatic carbocycles. The molecule has 0 atom stereocenters. The zero-order valence-electron chi connectivity index (χ0n) is 8.86. The molecule has 82 valence electrons. The number of nitrogens with two attached hydrogens (primary N) is 2. The van der Waals surface area contributed by atoms with Crippen LogP contribution in [0.2, 0.25) is 0 Å². The van der Waals surface area contributed by atoms with Gasteiger partial charge in [0, 0.05) is 5.56 Å². The van der Waals surface area contributed by atoms with E-state index in [0.717, 1.165) is 17.1 Å². The van der Waals surface area contributed by atoms with E-state index in [1.807, 2.05) is 18.2 Å². The standard InChI is InChI=1S/C10H15N3O2/c1-14-8-3-4-9(15-2)7(5-8)6-13-10(11)12/h3-5H,6H2,1-2H3,(H4,11,12,13). The summed E-state index contributed by atoms with van der Waals surface area (Å²) in [5.41, 5.74) is 11.4. The van der Waals surface area contributed by atoms with Gasteiger partial charge in [0.25, 0.3) is 0 Å². The Balaban J connectivity index is 2.96. The van der Waals surface area contributed by atoms with Crippen LogP contribution in [0.5, 0.6) is 11.5 Å². The third-order valence-electron chi connectivity index (χ3n) is 1.92. The Hall–Kier alpha value is -1.91. The van der Waals surface area contributed by atoms with Gasteiger partial charge in [0.1, 0.15) is 11.5 Å². The first-order valence-electron chi connectivity index (χ1n) is 4.43. The van der Waals surface area contributed by atoms with Crippen molar-refractivity contribution in [3.8, 4) is 11.5 Å². The molecular formula is C10H15N3O2. The van der Waals surface area contributed by atoms with E-state index in [9.17, 15) is 0 Å². The van der Waals surface area contributed by atoms with Crippen molar-refractivity contribution in [2.24, 2.45) is 16.5 Å². The van der Waals surface area contributed by atoms with E-state index in [2.05, 4.69) is 4.99 Å². The summed E-state index contributed by atoms with van der Waals surface area (Å²) in [4.78, 5) is 3.92. The summed E-state index contributed by atoms with van der Waals surface area (Å²) >= 11 is 0. The summed E-state index contributed by atoms with van der Waals surface area (Å²) in [7, 11) is 3.20. The molecule has 1 rings (SSSR count). The molecule has 5 nitrogen and oxygen atoms in total. The average molecular weight is 209 g/mol. The highest BCUT2D eigenvalue weighted by Crippen LogP contribution is 2.24. The van der Waals surface area contributed by atoms with Crippen LogP contribution >= 0.6 is 0 Å². The largest absolute Gasteiger partial charge is 0.497 e. The Labute approximate surface area is 88.7 Å². The maximum atomic E-state index is 5.26. The zero-order chi connectivity index (χ0) is 11.3. The highest BCUT2D eigenvalue weighted by molar-refractivity contribution is 5.75. The average Bonchev–Trinajstić information content (AvgIpc) is 2.25. The predicted octanol–water partition coefficient (Wildman–Crippen LogP) is 0.477. The van der Waals surface area contributed by atoms with Crippen molar-refractivity contribution in [3.63, 3.8) is 0 Å². The van der Waals surface area contributed by atoms with Gasteiger partial charge in [-0.15, -0.1) is 0 Å². The number of rotatable bonds is 4. The van der Waals surface area contributed by atoms with Crippen molar-refractivity contribution in [3.05, 3.63) is 23.8 Å². The molecule has 0 aliphatic rings. The van der Waals surface area contributed by atoms with Crippen LogP contribution in [0.3, 0.4) is 0 Å². The van der Waals surface area contributed by atoms with Crippen molar-refractivity contribution in [2.75, 3.05) is 14.2 Å². The van der Waals surface area contributed by atoms with E-state index >= 15 is 0 Å². The van der Waals surface area contributed by atoms with E-state index in [1.54, 1.807) is 14.2 Å². The Kier molecular flexibility index (Phi) is 3.79. The summed E-state index contributed by atoms with van der Waals surface area (Å²) in [6, 6.07) is 5.47. The van der Waals surface area contributed by atoms with Crippen LogP contribution in [0.4, 0.5) is 0 Å². The third-order valence-corrected chi connectivity index (χ3v) is 1.92. The van der Waals surface area contributed by atoms with E-state index in [4.69, 9.17) is 20.9 Å². The van der Waals surface area contributed by atoms with Crippen molar-refractivity contribution >= 4 is 5.96 Å². The van der Waals surface area contributed by atoms with Gasteiger partial charge in [-0.25, -0.2) is 4.99 Å². The first-order valence-corrected chi connectivity index (χ1v) is 4.43. The molecule has 0 bridgehead atoms. The summed E-state index contributed by atoms with van der Waals surface area (Å²) in [5, 5.41) is 0. The second-order valence-electron chi connectivity index (χ2n) is 2.92. The molecule has 0 heterocycles. The minimum Gasteiger partial charge on any atom is -0.497 e. The van der Waals surface area contributed by atoms with E-state index in [1.165, 1.54) is 0 Å². The first-order chi connectivity index (χ1) is 7.17. The van der Waals surface area contributed by atoms with E-state index < -0.39 is 0 Å². The van der Waals surface area contributed by atoms with Crippen LogP contribution in [0.1, 0.15) is 5.56 Å². The minimum atomic E-state index is 0.0554. The van der Waals surface area contributed by atoms with Crippen LogP contribution in [0.25, 0.3) is 0 Å². The molecule has 0 saturated carbocycles. The molecule has 4 N–H and O–H groups in total. The molecule has 0 fully saturated rings. The van der Waals surface area contributed by atoms with Gasteiger partial charge in [0.15, 0.2) is 5.96 Å². The smallest absolute Gasteiger partial charge is 0.186 e. The van der Waals surface area contributed by atoms with Crippen molar-refractivity contribution in [2.45, 2.75) is 6.54 Å². The Morgan fingerprint density at radius 2 is 2.00 bits per heavy atom. The van der Waals surface area contributed by atoms with Crippen LogP contribution in [-0.2, 0) is 6.54 Å². The highest BCUT2D eigenvalue weighted by atomic mass is 16.5. The lowest BCUT2D eigenvalue weighted by Gasteiger charge is -2.08. The van der Waals surface area contributed by atoms with Crippen molar-refractivity contribution in [1.82, 2.24) is 0 Å². The molecule has 0 amide bonds. The molecule has 0 aliphatic heterocycles. The number of hydrogen-bond donors (Lipinski definition) is 2. The molecule has 0 aromatic heterocycles. The topological polar surface area (TPSA) is 82.9 Å². The van der Waals surface area contributed by atoms with Gasteiger partial charge in [-0.3, -0.25) is 0 Å². The number of aliphatic imine (C=N–C) groups is 1. The fourth-order valence-corrected chi connectivity index (χ4v) is 1.18. The summed E-state index contributed by atoms with van der Waals surface area (Å²) < 4.78 is 10.3. The number of guanidine groups is 1. The van der Waals surface area contributed by atoms with Gasteiger partial charge in [-0.2, -0.15) is 0 Å². The van der Waals surface area contributed by atoms with E-state index in [0.29, 0.717) is 6.54 Å². The lowest BCUT2D eigenvalue weighted by molar-refractivity contribution is 0.399. The predicted molar refractivity (Wildman–Crippen MR) is 59.1 cm³/mol. The molecule has 15 heavy (non-hydrogen) atoms. The lowest BCUT2D eigenvalue weighted by atomic mass is 10.2. The van der Waals surface area contributed by atoms with Crippen LogP contribution in [-0.4, -0.2) is 20.2 Å². The molecule has 5 heteroatoms. The zero-order valence-corrected chi connectivity index (χ0v) is 8.86. The second kappa shape index (κ2) is 5.09. The third kappa shape index (κ3) is 3.05. The minimum absolute atomic E-state index is 0.0554. The maximum Gasteiger partial charge on any atom is 0.186 e. The molecule has 1 aromatic carbocycles. The molecule has 0 saturated heterocycles. The Morgan fingerprint density at radius 3 is 2.53 bits per heavy atom. The number of nitrogens with zero attached hydrogens (tertiary/aromatic N) is 1. The molecule has 1 aromatic rings. The van der Waals surface area contributed by atoms with Crippen LogP contribution in [0.15, 0.2) is 23.2 Å². The number of methoxy groups -OCH3 is 2. The van der Waals surface area contributed by atoms with E-state index in [-0.39, 0.29) is 5.96 Å². The molecular weight excluding hydrogens is 194 g/mol. The fraction of sp³-hybridized carbons (Fsp3) is 0.300. The lowest BCUT2D eigenvalue weighted by Crippen LogP contribution is -2.22. The van der Waals surface area contributed by atoms with Crippen molar-refractivity contribution < 1.29 is 9.47 Å². The van der Waals surface area contributed by atoms with Crippen molar-refractivity contribution in [1.29, 1.82) is 0 Å². The Bertz CT molecular complexity index is 360. The molecule has 0 unspecified atom stereocenters. The number of hydrogen-bond acceptors (Lipinski definition) is 3. The summed E-state index contributed by atoms with van der Waals surface area (Å²) in [6.45, 7) is 0.378. The quantitative estimate of drug-likeness (QED) is 0.558. The SMILES string of the molecule is COc1ccc(OC)c(CN=C(N)N)c1. The Morgan fingerprint density at radius 1 is 1.27 bits per heavy atom. The van der Waals surface area contributed by atoms with Gasteiger partial charge in [0.2, 0.25) is 0 Å². The molecule has 0 radical (unpaired) electrons. The second-order valence-corrected chi connectivity index (χ2v) is 2.92. The van der Waals surface area contributed by atoms with Gasteiger partial charge in [0.05, 0.1) is 20.8 Å². The first kappa shape index (κ1) is 11.2. The summed E-state index contributed by atoms with van der Waals surface area (Å²) in [6.07, 6.45) is 0. The van der Waals surface area contributed by atoms with Crippen LogP contribution < -0.4 is 20.9 Å². The van der Waals surface area contributed by atoms with Gasteiger partial charge < -0.3 is 20.9 Å². The number of ether oxygens (including phenoxy) is 2. The van der Waals surface area contributed by atoms with Crippen LogP contribution in [0, 0.1) is 0 Å². The van der Waals surface area contributed by atoms with Gasteiger partial charge >= 0.3 is 0 Å². The monoisotopic (exact) mass is 209 g/mol. The maximum absolute atomic E-state index is 5.26.